The molecular weight excluding hydrogens is 320 g/mol. The summed E-state index contributed by atoms with van der Waals surface area (Å²) in [6.07, 6.45) is 12.9. The van der Waals surface area contributed by atoms with Crippen LogP contribution in [0.4, 0.5) is 0 Å². The van der Waals surface area contributed by atoms with Gasteiger partial charge >= 0.3 is 5.97 Å². The van der Waals surface area contributed by atoms with Crippen LogP contribution in [0.25, 0.3) is 0 Å². The minimum Gasteiger partial charge on any atom is -0.462 e. The van der Waals surface area contributed by atoms with E-state index >= 15 is 0 Å². The monoisotopic (exact) mass is 358 g/mol. The fourth-order valence-corrected chi connectivity index (χ4v) is 8.10. The van der Waals surface area contributed by atoms with Gasteiger partial charge in [0.05, 0.1) is 0 Å². The predicted molar refractivity (Wildman–Crippen MR) is 106 cm³/mol. The molecule has 2 nitrogen and oxygen atoms in total. The Hall–Kier alpha value is -0.790. The van der Waals surface area contributed by atoms with Gasteiger partial charge in [-0.25, -0.2) is 0 Å². The number of allylic oxidation sites excluding steroid dienone is 1. The van der Waals surface area contributed by atoms with Gasteiger partial charge in [0.2, 0.25) is 0 Å². The largest absolute Gasteiger partial charge is 0.462 e. The molecule has 0 amide bonds. The van der Waals surface area contributed by atoms with E-state index in [1.807, 2.05) is 0 Å². The van der Waals surface area contributed by atoms with Crippen LogP contribution in [0.15, 0.2) is 11.6 Å². The van der Waals surface area contributed by atoms with Gasteiger partial charge in [-0.1, -0.05) is 39.3 Å². The van der Waals surface area contributed by atoms with Crippen molar-refractivity contribution in [2.75, 3.05) is 0 Å². The topological polar surface area (TPSA) is 26.3 Å². The molecule has 0 spiro atoms. The van der Waals surface area contributed by atoms with Gasteiger partial charge in [-0.05, 0) is 85.4 Å². The summed E-state index contributed by atoms with van der Waals surface area (Å²) in [5.74, 6) is 4.29. The van der Waals surface area contributed by atoms with Gasteiger partial charge < -0.3 is 4.74 Å². The third-order valence-electron chi connectivity index (χ3n) is 9.27. The van der Waals surface area contributed by atoms with Crippen LogP contribution in [0.5, 0.6) is 0 Å². The molecule has 0 saturated heterocycles. The maximum absolute atomic E-state index is 11.4. The number of ether oxygens (including phenoxy) is 1. The van der Waals surface area contributed by atoms with Gasteiger partial charge in [0.1, 0.15) is 6.10 Å². The van der Waals surface area contributed by atoms with Crippen molar-refractivity contribution in [2.45, 2.75) is 92.1 Å². The number of hydrogen-bond donors (Lipinski definition) is 0. The highest BCUT2D eigenvalue weighted by Crippen LogP contribution is 2.67. The number of rotatable bonds is 2. The molecule has 26 heavy (non-hydrogen) atoms. The molecule has 0 N–H and O–H groups in total. The zero-order valence-corrected chi connectivity index (χ0v) is 17.5. The fourth-order valence-electron chi connectivity index (χ4n) is 8.10. The van der Waals surface area contributed by atoms with E-state index in [2.05, 4.69) is 33.8 Å². The van der Waals surface area contributed by atoms with Gasteiger partial charge in [-0.3, -0.25) is 4.79 Å². The maximum atomic E-state index is 11.4. The van der Waals surface area contributed by atoms with Gasteiger partial charge in [-0.2, -0.15) is 0 Å². The standard InChI is InChI=1S/C24H38O2/c1-15(2)20-8-9-21-19-7-6-17-14-18(26-16(3)25)10-12-23(17,4)22(19)11-13-24(20,21)5/h6,15,18-22H,7-14H2,1-5H3/t18-,19+,20-,21+,22+,23+,24-/m1/s1. The minimum absolute atomic E-state index is 0.119. The van der Waals surface area contributed by atoms with Crippen LogP contribution < -0.4 is 0 Å². The van der Waals surface area contributed by atoms with E-state index in [-0.39, 0.29) is 12.1 Å². The second-order valence-electron chi connectivity index (χ2n) is 10.7. The summed E-state index contributed by atoms with van der Waals surface area (Å²) in [5, 5.41) is 0. The van der Waals surface area contributed by atoms with Crippen molar-refractivity contribution in [2.24, 2.45) is 40.4 Å². The molecule has 4 aliphatic rings. The van der Waals surface area contributed by atoms with Crippen molar-refractivity contribution in [1.29, 1.82) is 0 Å². The molecule has 0 heterocycles. The Kier molecular flexibility index (Phi) is 4.56. The van der Waals surface area contributed by atoms with Crippen LogP contribution in [0.2, 0.25) is 0 Å². The molecular formula is C24H38O2. The summed E-state index contributed by atoms with van der Waals surface area (Å²) >= 11 is 0. The quantitative estimate of drug-likeness (QED) is 0.437. The SMILES string of the molecule is CC(=O)O[C@@H]1CC[C@@]2(C)C(=CC[C@H]3[C@@H]4CC[C@H](C(C)C)[C@@]4(C)CC[C@@H]32)C1. The van der Waals surface area contributed by atoms with Gasteiger partial charge in [0.15, 0.2) is 0 Å². The van der Waals surface area contributed by atoms with E-state index in [9.17, 15) is 4.79 Å². The number of carbonyl (C=O) groups is 1. The average molecular weight is 359 g/mol. The van der Waals surface area contributed by atoms with Crippen molar-refractivity contribution in [3.8, 4) is 0 Å². The minimum atomic E-state index is -0.119. The Morgan fingerprint density at radius 2 is 1.88 bits per heavy atom. The molecule has 0 aromatic heterocycles. The molecule has 4 rings (SSSR count). The molecule has 0 unspecified atom stereocenters. The maximum Gasteiger partial charge on any atom is 0.302 e. The highest BCUT2D eigenvalue weighted by atomic mass is 16.5. The lowest BCUT2D eigenvalue weighted by atomic mass is 9.47. The van der Waals surface area contributed by atoms with E-state index in [0.29, 0.717) is 10.8 Å². The van der Waals surface area contributed by atoms with Crippen LogP contribution in [-0.4, -0.2) is 12.1 Å². The van der Waals surface area contributed by atoms with Gasteiger partial charge in [0, 0.05) is 13.3 Å². The van der Waals surface area contributed by atoms with Crippen LogP contribution in [-0.2, 0) is 9.53 Å². The third kappa shape index (κ3) is 2.69. The number of carbonyl (C=O) groups excluding carboxylic acids is 1. The molecule has 146 valence electrons. The lowest BCUT2D eigenvalue weighted by Crippen LogP contribution is -2.51. The number of fused-ring (bicyclic) bond motifs is 5. The smallest absolute Gasteiger partial charge is 0.302 e. The second kappa shape index (κ2) is 6.38. The molecule has 0 aromatic carbocycles. The first-order valence-electron chi connectivity index (χ1n) is 11.1. The number of hydrogen-bond acceptors (Lipinski definition) is 2. The Labute approximate surface area is 160 Å². The van der Waals surface area contributed by atoms with Crippen LogP contribution in [0.3, 0.4) is 0 Å². The fraction of sp³-hybridized carbons (Fsp3) is 0.875. The molecule has 7 atom stereocenters. The third-order valence-corrected chi connectivity index (χ3v) is 9.27. The molecule has 0 radical (unpaired) electrons. The normalized spacial score (nSPS) is 47.6. The molecule has 0 aliphatic heterocycles. The zero-order chi connectivity index (χ0) is 18.7. The Bertz CT molecular complexity index is 605. The lowest BCUT2D eigenvalue weighted by Gasteiger charge is -2.58. The first-order chi connectivity index (χ1) is 12.3. The van der Waals surface area contributed by atoms with E-state index < -0.39 is 0 Å². The highest BCUT2D eigenvalue weighted by molar-refractivity contribution is 5.66. The van der Waals surface area contributed by atoms with Crippen molar-refractivity contribution in [3.05, 3.63) is 11.6 Å². The molecule has 3 saturated carbocycles. The van der Waals surface area contributed by atoms with E-state index in [0.717, 1.165) is 42.4 Å². The van der Waals surface area contributed by atoms with Crippen molar-refractivity contribution in [1.82, 2.24) is 0 Å². The summed E-state index contributed by atoms with van der Waals surface area (Å²) < 4.78 is 5.57. The summed E-state index contributed by atoms with van der Waals surface area (Å²) in [7, 11) is 0. The molecule has 4 aliphatic carbocycles. The van der Waals surface area contributed by atoms with E-state index in [1.165, 1.54) is 38.5 Å². The van der Waals surface area contributed by atoms with Crippen molar-refractivity contribution < 1.29 is 9.53 Å². The number of esters is 1. The van der Waals surface area contributed by atoms with Crippen molar-refractivity contribution in [3.63, 3.8) is 0 Å². The van der Waals surface area contributed by atoms with E-state index in [4.69, 9.17) is 4.74 Å². The molecule has 2 heteroatoms. The molecule has 3 fully saturated rings. The zero-order valence-electron chi connectivity index (χ0n) is 17.5. The van der Waals surface area contributed by atoms with Crippen molar-refractivity contribution >= 4 is 5.97 Å². The summed E-state index contributed by atoms with van der Waals surface area (Å²) in [6.45, 7) is 11.6. The first-order valence-corrected chi connectivity index (χ1v) is 11.1. The van der Waals surface area contributed by atoms with Crippen LogP contribution in [0, 0.1) is 40.4 Å². The first kappa shape index (κ1) is 18.6. The van der Waals surface area contributed by atoms with Crippen LogP contribution >= 0.6 is 0 Å². The van der Waals surface area contributed by atoms with Crippen LogP contribution in [0.1, 0.15) is 86.0 Å². The predicted octanol–water partition coefficient (Wildman–Crippen LogP) is 6.15. The van der Waals surface area contributed by atoms with Gasteiger partial charge in [-0.15, -0.1) is 0 Å². The van der Waals surface area contributed by atoms with Gasteiger partial charge in [0.25, 0.3) is 0 Å². The summed E-state index contributed by atoms with van der Waals surface area (Å²) in [4.78, 5) is 11.4. The lowest BCUT2D eigenvalue weighted by molar-refractivity contribution is -0.148. The second-order valence-corrected chi connectivity index (χ2v) is 10.7. The Morgan fingerprint density at radius 3 is 2.58 bits per heavy atom. The Morgan fingerprint density at radius 1 is 1.12 bits per heavy atom. The molecule has 0 aromatic rings. The summed E-state index contributed by atoms with van der Waals surface area (Å²) in [6, 6.07) is 0. The Balaban J connectivity index is 1.58. The van der Waals surface area contributed by atoms with E-state index in [1.54, 1.807) is 12.5 Å². The highest BCUT2D eigenvalue weighted by Gasteiger charge is 2.58. The average Bonchev–Trinajstić information content (AvgIpc) is 2.92. The summed E-state index contributed by atoms with van der Waals surface area (Å²) in [5.41, 5.74) is 2.54. The molecule has 0 bridgehead atoms.